The van der Waals surface area contributed by atoms with Gasteiger partial charge in [0.25, 0.3) is 11.5 Å². The number of ether oxygens (including phenoxy) is 1. The minimum atomic E-state index is -0.684. The Morgan fingerprint density at radius 1 is 1.23 bits per heavy atom. The van der Waals surface area contributed by atoms with E-state index in [2.05, 4.69) is 4.98 Å². The maximum atomic E-state index is 12.7. The summed E-state index contributed by atoms with van der Waals surface area (Å²) < 4.78 is 11.8. The molecule has 0 saturated carbocycles. The number of esters is 1. The van der Waals surface area contributed by atoms with Crippen LogP contribution in [0.4, 0.5) is 0 Å². The van der Waals surface area contributed by atoms with Crippen LogP contribution in [0.3, 0.4) is 0 Å². The van der Waals surface area contributed by atoms with Crippen LogP contribution in [0.5, 0.6) is 0 Å². The highest BCUT2D eigenvalue weighted by Gasteiger charge is 2.22. The number of carbonyl (C=O) groups excluding carboxylic acids is 2. The van der Waals surface area contributed by atoms with Gasteiger partial charge in [0.05, 0.1) is 6.33 Å². The van der Waals surface area contributed by atoms with E-state index in [4.69, 9.17) is 9.15 Å². The standard InChI is InChI=1S/C21H17N3O5S/c25-17(23-7-5-16-13(9-23)6-8-30-16)11-28-18(26)10-24-12-22-19-14-3-1-2-4-15(14)29-20(19)21(24)27/h1-4,6,8,12H,5,7,9-11H2. The molecule has 1 aliphatic heterocycles. The van der Waals surface area contributed by atoms with E-state index in [0.717, 1.165) is 21.9 Å². The van der Waals surface area contributed by atoms with Gasteiger partial charge >= 0.3 is 5.97 Å². The van der Waals surface area contributed by atoms with Gasteiger partial charge in [-0.2, -0.15) is 0 Å². The highest BCUT2D eigenvalue weighted by atomic mass is 32.1. The van der Waals surface area contributed by atoms with Crippen molar-refractivity contribution in [1.82, 2.24) is 14.5 Å². The lowest BCUT2D eigenvalue weighted by molar-refractivity contribution is -0.153. The van der Waals surface area contributed by atoms with Crippen LogP contribution in [0, 0.1) is 0 Å². The summed E-state index contributed by atoms with van der Waals surface area (Å²) in [7, 11) is 0. The van der Waals surface area contributed by atoms with E-state index in [1.54, 1.807) is 28.4 Å². The molecule has 9 heteroatoms. The number of nitrogens with zero attached hydrogens (tertiary/aromatic N) is 3. The molecule has 1 amide bonds. The number of amides is 1. The summed E-state index contributed by atoms with van der Waals surface area (Å²) in [5.74, 6) is -0.936. The summed E-state index contributed by atoms with van der Waals surface area (Å²) in [5, 5.41) is 2.75. The van der Waals surface area contributed by atoms with Gasteiger partial charge in [-0.05, 0) is 35.6 Å². The average Bonchev–Trinajstić information content (AvgIpc) is 3.38. The number of furan rings is 1. The second-order valence-corrected chi connectivity index (χ2v) is 8.05. The molecule has 152 valence electrons. The molecule has 4 aromatic rings. The lowest BCUT2D eigenvalue weighted by atomic mass is 10.1. The number of para-hydroxylation sites is 1. The minimum Gasteiger partial charge on any atom is -0.454 e. The van der Waals surface area contributed by atoms with E-state index in [9.17, 15) is 14.4 Å². The SMILES string of the molecule is O=C(Cn1cnc2c(oc3ccccc32)c1=O)OCC(=O)N1CCc2sccc2C1. The minimum absolute atomic E-state index is 0.0856. The van der Waals surface area contributed by atoms with E-state index in [0.29, 0.717) is 24.2 Å². The van der Waals surface area contributed by atoms with Gasteiger partial charge in [0.2, 0.25) is 5.58 Å². The maximum absolute atomic E-state index is 12.7. The molecule has 1 aromatic carbocycles. The lowest BCUT2D eigenvalue weighted by Crippen LogP contribution is -2.38. The van der Waals surface area contributed by atoms with Crippen molar-refractivity contribution in [1.29, 1.82) is 0 Å². The quantitative estimate of drug-likeness (QED) is 0.468. The first-order chi connectivity index (χ1) is 14.6. The van der Waals surface area contributed by atoms with Gasteiger partial charge in [0.15, 0.2) is 6.61 Å². The average molecular weight is 423 g/mol. The summed E-state index contributed by atoms with van der Waals surface area (Å²) in [6.07, 6.45) is 2.10. The fourth-order valence-electron chi connectivity index (χ4n) is 3.61. The smallest absolute Gasteiger partial charge is 0.326 e. The summed E-state index contributed by atoms with van der Waals surface area (Å²) >= 11 is 1.69. The monoisotopic (exact) mass is 423 g/mol. The van der Waals surface area contributed by atoms with Crippen molar-refractivity contribution in [3.63, 3.8) is 0 Å². The van der Waals surface area contributed by atoms with Crippen LogP contribution in [-0.4, -0.2) is 39.5 Å². The fourth-order valence-corrected chi connectivity index (χ4v) is 4.50. The van der Waals surface area contributed by atoms with Crippen molar-refractivity contribution >= 4 is 45.3 Å². The van der Waals surface area contributed by atoms with Gasteiger partial charge in [-0.3, -0.25) is 19.0 Å². The van der Waals surface area contributed by atoms with E-state index >= 15 is 0 Å². The number of carbonyl (C=O) groups is 2. The molecule has 0 fully saturated rings. The van der Waals surface area contributed by atoms with Crippen LogP contribution in [0.1, 0.15) is 10.4 Å². The molecule has 0 saturated heterocycles. The van der Waals surface area contributed by atoms with Crippen LogP contribution in [-0.2, 0) is 33.8 Å². The van der Waals surface area contributed by atoms with Gasteiger partial charge in [-0.15, -0.1) is 11.3 Å². The van der Waals surface area contributed by atoms with E-state index < -0.39 is 11.5 Å². The number of hydrogen-bond donors (Lipinski definition) is 0. The van der Waals surface area contributed by atoms with E-state index in [-0.39, 0.29) is 24.6 Å². The Labute approximate surface area is 174 Å². The lowest BCUT2D eigenvalue weighted by Gasteiger charge is -2.26. The molecule has 0 atom stereocenters. The third-order valence-electron chi connectivity index (χ3n) is 5.17. The molecule has 30 heavy (non-hydrogen) atoms. The van der Waals surface area contributed by atoms with Gasteiger partial charge in [-0.25, -0.2) is 4.98 Å². The van der Waals surface area contributed by atoms with Crippen molar-refractivity contribution in [3.8, 4) is 0 Å². The number of rotatable bonds is 4. The predicted octanol–water partition coefficient (Wildman–Crippen LogP) is 2.33. The highest BCUT2D eigenvalue weighted by molar-refractivity contribution is 7.10. The first-order valence-electron chi connectivity index (χ1n) is 9.45. The molecule has 1 aliphatic rings. The van der Waals surface area contributed by atoms with Gasteiger partial charge in [0.1, 0.15) is 17.6 Å². The largest absolute Gasteiger partial charge is 0.454 e. The van der Waals surface area contributed by atoms with Crippen LogP contribution < -0.4 is 5.56 Å². The van der Waals surface area contributed by atoms with E-state index in [1.165, 1.54) is 11.2 Å². The number of benzene rings is 1. The Balaban J connectivity index is 1.25. The molecule has 4 heterocycles. The topological polar surface area (TPSA) is 94.6 Å². The first-order valence-corrected chi connectivity index (χ1v) is 10.3. The molecule has 0 unspecified atom stereocenters. The zero-order chi connectivity index (χ0) is 20.7. The molecule has 8 nitrogen and oxygen atoms in total. The predicted molar refractivity (Wildman–Crippen MR) is 110 cm³/mol. The molecule has 0 N–H and O–H groups in total. The summed E-state index contributed by atoms with van der Waals surface area (Å²) in [4.78, 5) is 44.5. The van der Waals surface area contributed by atoms with Crippen LogP contribution in [0.15, 0.2) is 51.3 Å². The summed E-state index contributed by atoms with van der Waals surface area (Å²) in [6.45, 7) is 0.436. The Hall–Kier alpha value is -3.46. The first kappa shape index (κ1) is 18.6. The number of thiophene rings is 1. The summed E-state index contributed by atoms with van der Waals surface area (Å²) in [5.41, 5.74) is 1.76. The van der Waals surface area contributed by atoms with Gasteiger partial charge < -0.3 is 14.1 Å². The zero-order valence-corrected chi connectivity index (χ0v) is 16.7. The third-order valence-corrected chi connectivity index (χ3v) is 6.19. The molecule has 0 radical (unpaired) electrons. The molecule has 5 rings (SSSR count). The number of hydrogen-bond acceptors (Lipinski definition) is 7. The Morgan fingerprint density at radius 3 is 3.00 bits per heavy atom. The zero-order valence-electron chi connectivity index (χ0n) is 15.9. The second-order valence-electron chi connectivity index (χ2n) is 7.05. The third kappa shape index (κ3) is 3.26. The van der Waals surface area contributed by atoms with Gasteiger partial charge in [0, 0.05) is 23.4 Å². The Morgan fingerprint density at radius 2 is 2.10 bits per heavy atom. The molecule has 0 bridgehead atoms. The maximum Gasteiger partial charge on any atom is 0.326 e. The van der Waals surface area contributed by atoms with Crippen LogP contribution >= 0.6 is 11.3 Å². The van der Waals surface area contributed by atoms with Crippen molar-refractivity contribution < 1.29 is 18.7 Å². The van der Waals surface area contributed by atoms with E-state index in [1.807, 2.05) is 23.6 Å². The van der Waals surface area contributed by atoms with Crippen molar-refractivity contribution in [2.45, 2.75) is 19.5 Å². The molecular formula is C21H17N3O5S. The molecule has 0 aliphatic carbocycles. The fraction of sp³-hybridized carbons (Fsp3) is 0.238. The molecular weight excluding hydrogens is 406 g/mol. The Bertz CT molecular complexity index is 1340. The molecule has 0 spiro atoms. The van der Waals surface area contributed by atoms with Crippen molar-refractivity contribution in [3.05, 3.63) is 62.8 Å². The van der Waals surface area contributed by atoms with Crippen molar-refractivity contribution in [2.24, 2.45) is 0 Å². The normalized spacial score (nSPS) is 13.5. The Kier molecular flexibility index (Phi) is 4.59. The number of aromatic nitrogens is 2. The van der Waals surface area contributed by atoms with Crippen molar-refractivity contribution in [2.75, 3.05) is 13.2 Å². The van der Waals surface area contributed by atoms with Crippen LogP contribution in [0.25, 0.3) is 22.1 Å². The highest BCUT2D eigenvalue weighted by Crippen LogP contribution is 2.25. The van der Waals surface area contributed by atoms with Crippen LogP contribution in [0.2, 0.25) is 0 Å². The number of fused-ring (bicyclic) bond motifs is 4. The molecule has 3 aromatic heterocycles. The second kappa shape index (κ2) is 7.42. The van der Waals surface area contributed by atoms with Gasteiger partial charge in [-0.1, -0.05) is 12.1 Å². The summed E-state index contributed by atoms with van der Waals surface area (Å²) in [6, 6.07) is 9.22.